The Hall–Kier alpha value is -3.59. The summed E-state index contributed by atoms with van der Waals surface area (Å²) in [7, 11) is 4.17. The molecule has 2 aromatic carbocycles. The average Bonchev–Trinajstić information content (AvgIpc) is 3.82. The third-order valence-electron chi connectivity index (χ3n) is 9.33. The molecule has 1 saturated heterocycles. The van der Waals surface area contributed by atoms with Crippen LogP contribution in [0, 0.1) is 12.0 Å². The molecule has 0 N–H and O–H groups in total. The van der Waals surface area contributed by atoms with Crippen molar-refractivity contribution < 1.29 is 13.9 Å². The third kappa shape index (κ3) is 7.04. The monoisotopic (exact) mass is 665 g/mol. The molecule has 0 bridgehead atoms. The van der Waals surface area contributed by atoms with Gasteiger partial charge in [0.1, 0.15) is 11.9 Å². The molecular weight excluding hydrogens is 625 g/mol. The van der Waals surface area contributed by atoms with Crippen molar-refractivity contribution in [1.82, 2.24) is 19.8 Å². The van der Waals surface area contributed by atoms with Gasteiger partial charge in [0.25, 0.3) is 5.91 Å². The zero-order valence-corrected chi connectivity index (χ0v) is 28.2. The van der Waals surface area contributed by atoms with E-state index in [1.165, 1.54) is 4.90 Å². The lowest BCUT2D eigenvalue weighted by atomic mass is 10.0. The highest BCUT2D eigenvalue weighted by molar-refractivity contribution is 7.59. The predicted octanol–water partition coefficient (Wildman–Crippen LogP) is 5.49. The molecule has 1 aromatic heterocycles. The molecule has 12 heteroatoms. The molecule has 46 heavy (non-hydrogen) atoms. The summed E-state index contributed by atoms with van der Waals surface area (Å²) < 4.78 is 20.2. The van der Waals surface area contributed by atoms with Gasteiger partial charge in [-0.3, -0.25) is 4.79 Å². The number of rotatable bonds is 10. The molecule has 0 radical (unpaired) electrons. The number of amides is 1. The number of carbonyl (C=O) groups excluding carboxylic acids is 1. The van der Waals surface area contributed by atoms with Crippen LogP contribution in [-0.4, -0.2) is 91.7 Å². The molecule has 3 heterocycles. The van der Waals surface area contributed by atoms with Crippen LogP contribution in [-0.2, 0) is 17.8 Å². The number of hydrogen-bond acceptors (Lipinski definition) is 7. The van der Waals surface area contributed by atoms with Crippen LogP contribution < -0.4 is 14.5 Å². The molecule has 1 saturated carbocycles. The van der Waals surface area contributed by atoms with Crippen molar-refractivity contribution >= 4 is 53.3 Å². The van der Waals surface area contributed by atoms with Gasteiger partial charge in [-0.05, 0) is 63.8 Å². The molecule has 0 unspecified atom stereocenters. The van der Waals surface area contributed by atoms with Gasteiger partial charge in [-0.2, -0.15) is 23.5 Å². The van der Waals surface area contributed by atoms with E-state index in [1.54, 1.807) is 0 Å². The highest BCUT2D eigenvalue weighted by atomic mass is 35.5. The van der Waals surface area contributed by atoms with Gasteiger partial charge >= 0.3 is 6.01 Å². The minimum atomic E-state index is -1.01. The Bertz CT molecular complexity index is 1660. The standard InChI is InChI=1S/C34H39ClFN7O2.H2S/c1-23(36)32(44)43-18-17-42(20-25(43)19-37-2)31-26-11-15-41(29-10-6-8-24-7-5-9-27(35)30(24)29)21-28(26)38-33(39-31)45-22-34(12-13-34)14-16-40(3)4;/h5-10,25H,1,11-22H2,3-4H3;1H2/t25-;/m0./s1. The van der Waals surface area contributed by atoms with E-state index in [0.717, 1.165) is 65.9 Å². The minimum Gasteiger partial charge on any atom is -0.463 e. The molecule has 1 aliphatic carbocycles. The molecule has 6 rings (SSSR count). The van der Waals surface area contributed by atoms with E-state index in [-0.39, 0.29) is 32.0 Å². The fraction of sp³-hybridized carbons (Fsp3) is 0.471. The summed E-state index contributed by atoms with van der Waals surface area (Å²) in [6.45, 7) is 14.7. The lowest BCUT2D eigenvalue weighted by Gasteiger charge is -2.41. The van der Waals surface area contributed by atoms with Crippen molar-refractivity contribution in [3.8, 4) is 6.01 Å². The van der Waals surface area contributed by atoms with E-state index in [0.29, 0.717) is 43.7 Å². The number of hydrogen-bond donors (Lipinski definition) is 0. The second-order valence-corrected chi connectivity index (χ2v) is 13.1. The topological polar surface area (TPSA) is 69.4 Å². The number of nitrogens with zero attached hydrogens (tertiary/aromatic N) is 7. The molecule has 3 aliphatic rings. The van der Waals surface area contributed by atoms with Gasteiger partial charge in [0.2, 0.25) is 6.54 Å². The van der Waals surface area contributed by atoms with Gasteiger partial charge in [0, 0.05) is 48.2 Å². The Morgan fingerprint density at radius 2 is 1.93 bits per heavy atom. The van der Waals surface area contributed by atoms with Crippen LogP contribution in [0.2, 0.25) is 5.02 Å². The molecule has 9 nitrogen and oxygen atoms in total. The molecule has 244 valence electrons. The fourth-order valence-electron chi connectivity index (χ4n) is 6.51. The van der Waals surface area contributed by atoms with Gasteiger partial charge in [-0.25, -0.2) is 11.0 Å². The van der Waals surface area contributed by atoms with Crippen LogP contribution in [0.25, 0.3) is 15.6 Å². The average molecular weight is 666 g/mol. The summed E-state index contributed by atoms with van der Waals surface area (Å²) in [5.74, 6) is -0.996. The van der Waals surface area contributed by atoms with E-state index in [1.807, 2.05) is 12.1 Å². The van der Waals surface area contributed by atoms with E-state index in [4.69, 9.17) is 32.9 Å². The predicted molar refractivity (Wildman–Crippen MR) is 186 cm³/mol. The van der Waals surface area contributed by atoms with E-state index in [2.05, 4.69) is 64.5 Å². The lowest BCUT2D eigenvalue weighted by molar-refractivity contribution is -0.131. The van der Waals surface area contributed by atoms with E-state index >= 15 is 0 Å². The first-order chi connectivity index (χ1) is 21.7. The SMILES string of the molecule is S.[C-]#[N+]C[C@H]1CN(c2nc(OCC3(CCN(C)C)CC3)nc3c2CCN(c2cccc4cccc(Cl)c24)C3)CCN1C(=O)C(=C)F. The largest absolute Gasteiger partial charge is 0.463 e. The number of carbonyl (C=O) groups is 1. The summed E-state index contributed by atoms with van der Waals surface area (Å²) in [6, 6.07) is 12.0. The first-order valence-corrected chi connectivity index (χ1v) is 15.9. The Morgan fingerprint density at radius 1 is 1.17 bits per heavy atom. The van der Waals surface area contributed by atoms with Gasteiger partial charge in [0.15, 0.2) is 5.83 Å². The number of ether oxygens (including phenoxy) is 1. The maximum Gasteiger partial charge on any atom is 0.318 e. The minimum absolute atomic E-state index is 0. The smallest absolute Gasteiger partial charge is 0.318 e. The van der Waals surface area contributed by atoms with Crippen LogP contribution in [0.1, 0.15) is 30.5 Å². The van der Waals surface area contributed by atoms with Gasteiger partial charge in [-0.15, -0.1) is 0 Å². The number of fused-ring (bicyclic) bond motifs is 2. The molecular formula is C34H41ClFN7O2S. The molecule has 3 aromatic rings. The third-order valence-corrected chi connectivity index (χ3v) is 9.64. The van der Waals surface area contributed by atoms with E-state index in [9.17, 15) is 9.18 Å². The number of benzene rings is 2. The van der Waals surface area contributed by atoms with Crippen molar-refractivity contribution in [3.05, 3.63) is 76.5 Å². The molecule has 0 spiro atoms. The van der Waals surface area contributed by atoms with Gasteiger partial charge in [0.05, 0.1) is 23.9 Å². The van der Waals surface area contributed by atoms with Crippen molar-refractivity contribution in [2.45, 2.75) is 38.3 Å². The highest BCUT2D eigenvalue weighted by Crippen LogP contribution is 2.49. The van der Waals surface area contributed by atoms with Gasteiger partial charge < -0.3 is 29.2 Å². The Balaban J connectivity index is 0.00000417. The maximum absolute atomic E-state index is 13.8. The molecule has 2 aliphatic heterocycles. The highest BCUT2D eigenvalue weighted by Gasteiger charge is 2.43. The number of anilines is 2. The zero-order valence-electron chi connectivity index (χ0n) is 26.4. The Kier molecular flexibility index (Phi) is 10.3. The second kappa shape index (κ2) is 14.0. The van der Waals surface area contributed by atoms with Crippen molar-refractivity contribution in [2.24, 2.45) is 5.41 Å². The van der Waals surface area contributed by atoms with Crippen molar-refractivity contribution in [3.63, 3.8) is 0 Å². The summed E-state index contributed by atoms with van der Waals surface area (Å²) in [4.78, 5) is 34.1. The van der Waals surface area contributed by atoms with Crippen LogP contribution in [0.4, 0.5) is 15.9 Å². The van der Waals surface area contributed by atoms with Crippen molar-refractivity contribution in [2.75, 3.05) is 69.8 Å². The second-order valence-electron chi connectivity index (χ2n) is 12.7. The molecule has 2 fully saturated rings. The van der Waals surface area contributed by atoms with Gasteiger partial charge in [-0.1, -0.05) is 42.4 Å². The normalized spacial score (nSPS) is 18.5. The summed E-state index contributed by atoms with van der Waals surface area (Å²) in [5.41, 5.74) is 3.13. The molecule has 1 amide bonds. The van der Waals surface area contributed by atoms with Crippen LogP contribution >= 0.6 is 25.1 Å². The van der Waals surface area contributed by atoms with Crippen molar-refractivity contribution in [1.29, 1.82) is 0 Å². The fourth-order valence-corrected chi connectivity index (χ4v) is 6.79. The number of halogens is 2. The first-order valence-electron chi connectivity index (χ1n) is 15.5. The zero-order chi connectivity index (χ0) is 31.7. The lowest BCUT2D eigenvalue weighted by Crippen LogP contribution is -2.57. The summed E-state index contributed by atoms with van der Waals surface area (Å²) >= 11 is 6.70. The van der Waals surface area contributed by atoms with E-state index < -0.39 is 17.8 Å². The Labute approximate surface area is 282 Å². The molecule has 1 atom stereocenters. The van der Waals surface area contributed by atoms with Crippen LogP contribution in [0.15, 0.2) is 48.8 Å². The first kappa shape index (κ1) is 33.8. The number of aromatic nitrogens is 2. The maximum atomic E-state index is 13.8. The Morgan fingerprint density at radius 3 is 2.63 bits per heavy atom. The quantitative estimate of drug-likeness (QED) is 0.210. The van der Waals surface area contributed by atoms with Crippen LogP contribution in [0.5, 0.6) is 6.01 Å². The number of piperazine rings is 1. The summed E-state index contributed by atoms with van der Waals surface area (Å²) in [6.07, 6.45) is 4.01. The summed E-state index contributed by atoms with van der Waals surface area (Å²) in [5, 5.41) is 2.81. The van der Waals surface area contributed by atoms with Crippen LogP contribution in [0.3, 0.4) is 0 Å².